The number of hydrogen-bond donors (Lipinski definition) is 1. The molecule has 11 heteroatoms. The van der Waals surface area contributed by atoms with E-state index in [-0.39, 0.29) is 16.6 Å². The fourth-order valence-corrected chi connectivity index (χ4v) is 7.37. The summed E-state index contributed by atoms with van der Waals surface area (Å²) in [4.78, 5) is 3.22. The summed E-state index contributed by atoms with van der Waals surface area (Å²) in [5.74, 6) is 2.24. The Balaban J connectivity index is 0.00000274. The fraction of sp³-hybridized carbons (Fsp3) is 0.435. The van der Waals surface area contributed by atoms with Gasteiger partial charge < -0.3 is 14.0 Å². The topological polar surface area (TPSA) is 93.9 Å². The van der Waals surface area contributed by atoms with Crippen molar-refractivity contribution >= 4 is 33.8 Å². The first-order chi connectivity index (χ1) is 16.0. The van der Waals surface area contributed by atoms with Crippen LogP contribution in [0.4, 0.5) is 0 Å². The first-order valence-corrected chi connectivity index (χ1v) is 13.3. The lowest BCUT2D eigenvalue weighted by atomic mass is 9.92. The van der Waals surface area contributed by atoms with Gasteiger partial charge in [0.25, 0.3) is 0 Å². The number of ether oxygens (including phenoxy) is 2. The highest BCUT2D eigenvalue weighted by molar-refractivity contribution is 7.91. The molecule has 1 aliphatic heterocycles. The quantitative estimate of drug-likeness (QED) is 0.421. The molecule has 0 spiro atoms. The summed E-state index contributed by atoms with van der Waals surface area (Å²) in [6, 6.07) is 7.55. The zero-order chi connectivity index (χ0) is 23.0. The molecule has 0 radical (unpaired) electrons. The summed E-state index contributed by atoms with van der Waals surface area (Å²) in [6.07, 6.45) is 5.28. The molecular weight excluding hydrogens is 498 g/mol. The van der Waals surface area contributed by atoms with Gasteiger partial charge in [0.05, 0.1) is 25.3 Å². The van der Waals surface area contributed by atoms with Gasteiger partial charge in [-0.05, 0) is 55.0 Å². The molecule has 0 saturated carbocycles. The second-order valence-electron chi connectivity index (χ2n) is 8.25. The molecule has 1 aliphatic carbocycles. The summed E-state index contributed by atoms with van der Waals surface area (Å²) < 4.78 is 44.8. The fourth-order valence-electron chi connectivity index (χ4n) is 4.99. The molecule has 2 aliphatic rings. The Morgan fingerprint density at radius 2 is 2.09 bits per heavy atom. The molecule has 1 atom stereocenters. The minimum absolute atomic E-state index is 0. The predicted octanol–water partition coefficient (Wildman–Crippen LogP) is 4.06. The van der Waals surface area contributed by atoms with Crippen LogP contribution in [0.15, 0.2) is 39.2 Å². The van der Waals surface area contributed by atoms with Crippen LogP contribution < -0.4 is 14.2 Å². The Bertz CT molecular complexity index is 1240. The van der Waals surface area contributed by atoms with Crippen molar-refractivity contribution in [2.75, 3.05) is 33.9 Å². The lowest BCUT2D eigenvalue weighted by molar-refractivity contribution is 0.184. The number of rotatable bonds is 9. The predicted molar refractivity (Wildman–Crippen MR) is 133 cm³/mol. The highest BCUT2D eigenvalue weighted by Gasteiger charge is 2.36. The highest BCUT2D eigenvalue weighted by Crippen LogP contribution is 2.48. The third kappa shape index (κ3) is 4.57. The molecule has 1 unspecified atom stereocenters. The number of hydrogen-bond acceptors (Lipinski definition) is 8. The van der Waals surface area contributed by atoms with E-state index in [1.54, 1.807) is 38.6 Å². The van der Waals surface area contributed by atoms with Gasteiger partial charge in [-0.15, -0.1) is 23.7 Å². The lowest BCUT2D eigenvalue weighted by Gasteiger charge is -2.35. The van der Waals surface area contributed by atoms with Crippen LogP contribution in [0.3, 0.4) is 0 Å². The van der Waals surface area contributed by atoms with Crippen molar-refractivity contribution in [2.24, 2.45) is 0 Å². The van der Waals surface area contributed by atoms with Gasteiger partial charge in [0, 0.05) is 37.3 Å². The van der Waals surface area contributed by atoms with Crippen LogP contribution in [0.5, 0.6) is 11.5 Å². The first kappa shape index (κ1) is 25.0. The first-order valence-electron chi connectivity index (χ1n) is 11.0. The van der Waals surface area contributed by atoms with E-state index in [0.29, 0.717) is 18.3 Å². The molecule has 0 bridgehead atoms. The molecule has 3 aromatic rings. The third-order valence-electron chi connectivity index (χ3n) is 6.45. The zero-order valence-corrected chi connectivity index (χ0v) is 21.5. The van der Waals surface area contributed by atoms with Crippen molar-refractivity contribution in [3.8, 4) is 22.1 Å². The normalized spacial score (nSPS) is 17.3. The molecule has 1 aromatic carbocycles. The number of nitrogens with one attached hydrogen (secondary N) is 1. The van der Waals surface area contributed by atoms with Gasteiger partial charge >= 0.3 is 0 Å². The average molecular weight is 526 g/mol. The summed E-state index contributed by atoms with van der Waals surface area (Å²) >= 11 is 1.18. The van der Waals surface area contributed by atoms with Gasteiger partial charge in [0.15, 0.2) is 17.3 Å². The van der Waals surface area contributed by atoms with E-state index < -0.39 is 10.0 Å². The van der Waals surface area contributed by atoms with Crippen LogP contribution in [-0.4, -0.2) is 52.3 Å². The van der Waals surface area contributed by atoms with E-state index in [1.165, 1.54) is 28.0 Å². The standard InChI is InChI=1S/C23H27N3O5S2.ClH/c1-29-19-14-15-9-13-26(17-5-4-16(22(15)17)23(19)30-2)12-3-10-25-33(27,28)21-7-6-20(32-21)18-8-11-24-31-18;/h6-8,11,14,17,25H,3-5,9-10,12-13H2,1-2H3;1H. The van der Waals surface area contributed by atoms with E-state index in [0.717, 1.165) is 55.1 Å². The number of aromatic nitrogens is 1. The number of methoxy groups -OCH3 is 2. The maximum atomic E-state index is 12.7. The number of thiophene rings is 1. The second-order valence-corrected chi connectivity index (χ2v) is 11.3. The Hall–Kier alpha value is -2.11. The van der Waals surface area contributed by atoms with Gasteiger partial charge in [-0.1, -0.05) is 5.16 Å². The Morgan fingerprint density at radius 3 is 2.82 bits per heavy atom. The van der Waals surface area contributed by atoms with Gasteiger partial charge in [-0.3, -0.25) is 4.90 Å². The van der Waals surface area contributed by atoms with Crippen molar-refractivity contribution in [2.45, 2.75) is 35.9 Å². The van der Waals surface area contributed by atoms with Crippen LogP contribution >= 0.6 is 23.7 Å². The third-order valence-corrected chi connectivity index (χ3v) is 9.50. The second kappa shape index (κ2) is 10.2. The van der Waals surface area contributed by atoms with Crippen molar-refractivity contribution in [1.29, 1.82) is 0 Å². The van der Waals surface area contributed by atoms with Crippen LogP contribution in [0, 0.1) is 0 Å². The van der Waals surface area contributed by atoms with E-state index in [1.807, 2.05) is 0 Å². The molecule has 0 fully saturated rings. The van der Waals surface area contributed by atoms with E-state index in [2.05, 4.69) is 20.8 Å². The monoisotopic (exact) mass is 525 g/mol. The van der Waals surface area contributed by atoms with Crippen LogP contribution in [0.25, 0.3) is 10.6 Å². The van der Waals surface area contributed by atoms with Crippen LogP contribution in [0.1, 0.15) is 35.6 Å². The SMILES string of the molecule is COc1cc2c3c(c1OC)CCC3N(CCCNS(=O)(=O)c1ccc(-c3ccno3)s1)CC2.Cl. The Morgan fingerprint density at radius 1 is 1.24 bits per heavy atom. The van der Waals surface area contributed by atoms with Crippen LogP contribution in [-0.2, 0) is 22.9 Å². The van der Waals surface area contributed by atoms with E-state index >= 15 is 0 Å². The Kier molecular flexibility index (Phi) is 7.54. The summed E-state index contributed by atoms with van der Waals surface area (Å²) in [5, 5.41) is 3.67. The maximum absolute atomic E-state index is 12.7. The molecule has 2 aromatic heterocycles. The summed E-state index contributed by atoms with van der Waals surface area (Å²) in [6.45, 7) is 2.20. The molecule has 34 heavy (non-hydrogen) atoms. The summed E-state index contributed by atoms with van der Waals surface area (Å²) in [7, 11) is -0.168. The zero-order valence-electron chi connectivity index (χ0n) is 19.1. The van der Waals surface area contributed by atoms with E-state index in [4.69, 9.17) is 14.0 Å². The average Bonchev–Trinajstić information content (AvgIpc) is 3.58. The van der Waals surface area contributed by atoms with Crippen molar-refractivity contribution in [3.63, 3.8) is 0 Å². The lowest BCUT2D eigenvalue weighted by Crippen LogP contribution is -2.36. The van der Waals surface area contributed by atoms with Gasteiger partial charge in [0.2, 0.25) is 10.0 Å². The number of sulfonamides is 1. The molecule has 0 amide bonds. The van der Waals surface area contributed by atoms with Gasteiger partial charge in [-0.25, -0.2) is 13.1 Å². The summed E-state index contributed by atoms with van der Waals surface area (Å²) in [5.41, 5.74) is 4.00. The van der Waals surface area contributed by atoms with Gasteiger partial charge in [0.1, 0.15) is 4.21 Å². The Labute approximate surface area is 209 Å². The number of benzene rings is 1. The van der Waals surface area contributed by atoms with Gasteiger partial charge in [-0.2, -0.15) is 0 Å². The van der Waals surface area contributed by atoms with Crippen molar-refractivity contribution in [3.05, 3.63) is 47.2 Å². The largest absolute Gasteiger partial charge is 0.493 e. The van der Waals surface area contributed by atoms with E-state index in [9.17, 15) is 8.42 Å². The van der Waals surface area contributed by atoms with Crippen LogP contribution in [0.2, 0.25) is 0 Å². The van der Waals surface area contributed by atoms with Crippen molar-refractivity contribution < 1.29 is 22.4 Å². The smallest absolute Gasteiger partial charge is 0.250 e. The number of halogens is 1. The molecule has 184 valence electrons. The molecular formula is C23H28ClN3O5S2. The molecule has 1 N–H and O–H groups in total. The molecule has 3 heterocycles. The van der Waals surface area contributed by atoms with Crippen molar-refractivity contribution in [1.82, 2.24) is 14.8 Å². The molecule has 8 nitrogen and oxygen atoms in total. The minimum Gasteiger partial charge on any atom is -0.493 e. The molecule has 5 rings (SSSR count). The minimum atomic E-state index is -3.55. The maximum Gasteiger partial charge on any atom is 0.250 e. The molecule has 0 saturated heterocycles. The highest BCUT2D eigenvalue weighted by atomic mass is 35.5. The number of nitrogens with zero attached hydrogens (tertiary/aromatic N) is 2.